The third kappa shape index (κ3) is 17.8. The van der Waals surface area contributed by atoms with Crippen molar-refractivity contribution >= 4 is 5.97 Å². The van der Waals surface area contributed by atoms with Crippen molar-refractivity contribution in [1.82, 2.24) is 0 Å². The van der Waals surface area contributed by atoms with Crippen molar-refractivity contribution < 1.29 is 14.6 Å². The van der Waals surface area contributed by atoms with Gasteiger partial charge in [-0.15, -0.1) is 0 Å². The van der Waals surface area contributed by atoms with Crippen molar-refractivity contribution in [2.24, 2.45) is 0 Å². The van der Waals surface area contributed by atoms with Crippen LogP contribution < -0.4 is 0 Å². The first-order valence-electron chi connectivity index (χ1n) is 11.2. The lowest BCUT2D eigenvalue weighted by atomic mass is 10.0. The fourth-order valence-electron chi connectivity index (χ4n) is 3.30. The van der Waals surface area contributed by atoms with Crippen LogP contribution in [0, 0.1) is 0 Å². The van der Waals surface area contributed by atoms with Crippen molar-refractivity contribution in [3.05, 3.63) is 11.8 Å². The Morgan fingerprint density at radius 3 is 1.38 bits per heavy atom. The molecule has 0 rings (SSSR count). The number of aliphatic hydroxyl groups excluding tert-OH is 1. The fourth-order valence-corrected chi connectivity index (χ4v) is 3.30. The summed E-state index contributed by atoms with van der Waals surface area (Å²) in [5.74, 6) is -0.902. The zero-order chi connectivity index (χ0) is 19.3. The van der Waals surface area contributed by atoms with Crippen molar-refractivity contribution in [2.45, 2.75) is 122 Å². The Kier molecular flexibility index (Phi) is 19.5. The highest BCUT2D eigenvalue weighted by atomic mass is 16.5. The number of carbonyl (C=O) groups excluding carboxylic acids is 1. The van der Waals surface area contributed by atoms with Crippen molar-refractivity contribution in [3.63, 3.8) is 0 Å². The maximum Gasteiger partial charge on any atom is 0.372 e. The first kappa shape index (κ1) is 25.0. The number of ether oxygens (including phenoxy) is 1. The molecule has 0 aromatic heterocycles. The lowest BCUT2D eigenvalue weighted by molar-refractivity contribution is -0.139. The summed E-state index contributed by atoms with van der Waals surface area (Å²) >= 11 is 0. The van der Waals surface area contributed by atoms with Crippen LogP contribution in [0.3, 0.4) is 0 Å². The molecule has 0 amide bonds. The van der Waals surface area contributed by atoms with E-state index in [4.69, 9.17) is 0 Å². The topological polar surface area (TPSA) is 46.5 Å². The molecule has 0 radical (unpaired) electrons. The van der Waals surface area contributed by atoms with Crippen LogP contribution >= 0.6 is 0 Å². The molecule has 0 unspecified atom stereocenters. The first-order valence-corrected chi connectivity index (χ1v) is 11.2. The third-order valence-electron chi connectivity index (χ3n) is 5.04. The number of hydrogen-bond acceptors (Lipinski definition) is 3. The first-order chi connectivity index (χ1) is 12.7. The fraction of sp³-hybridized carbons (Fsp3) is 0.870. The summed E-state index contributed by atoms with van der Waals surface area (Å²) in [6.45, 7) is 2.28. The SMILES string of the molecule is CCCCCCCCCCCCCCCCCCCC=C(O)C(=O)OC. The van der Waals surface area contributed by atoms with Crippen LogP contribution in [0.2, 0.25) is 0 Å². The molecule has 0 fully saturated rings. The van der Waals surface area contributed by atoms with E-state index in [-0.39, 0.29) is 5.76 Å². The molecule has 0 bridgehead atoms. The van der Waals surface area contributed by atoms with Crippen LogP contribution in [0.15, 0.2) is 11.8 Å². The van der Waals surface area contributed by atoms with Gasteiger partial charge in [0.25, 0.3) is 0 Å². The van der Waals surface area contributed by atoms with E-state index in [1.807, 2.05) is 0 Å². The molecule has 0 atom stereocenters. The molecule has 0 aliphatic rings. The molecule has 154 valence electrons. The van der Waals surface area contributed by atoms with E-state index < -0.39 is 5.97 Å². The molecule has 0 heterocycles. The molecule has 0 aromatic carbocycles. The quantitative estimate of drug-likeness (QED) is 0.110. The smallest absolute Gasteiger partial charge is 0.372 e. The summed E-state index contributed by atoms with van der Waals surface area (Å²) < 4.78 is 4.44. The van der Waals surface area contributed by atoms with Gasteiger partial charge in [0.05, 0.1) is 7.11 Å². The molecular formula is C23H44O3. The Bertz CT molecular complexity index is 336. The minimum atomic E-state index is -0.642. The van der Waals surface area contributed by atoms with Gasteiger partial charge in [0.15, 0.2) is 5.76 Å². The number of rotatable bonds is 19. The van der Waals surface area contributed by atoms with Crippen molar-refractivity contribution in [1.29, 1.82) is 0 Å². The van der Waals surface area contributed by atoms with Gasteiger partial charge in [-0.05, 0) is 18.9 Å². The number of carbonyl (C=O) groups is 1. The van der Waals surface area contributed by atoms with Gasteiger partial charge in [-0.25, -0.2) is 4.79 Å². The number of hydrogen-bond donors (Lipinski definition) is 1. The van der Waals surface area contributed by atoms with Crippen LogP contribution in [-0.4, -0.2) is 18.2 Å². The molecule has 0 aromatic rings. The second kappa shape index (κ2) is 20.3. The summed E-state index contributed by atoms with van der Waals surface area (Å²) in [6.07, 6.45) is 25.4. The molecule has 0 saturated carbocycles. The van der Waals surface area contributed by atoms with Crippen molar-refractivity contribution in [2.75, 3.05) is 7.11 Å². The molecule has 0 saturated heterocycles. The number of methoxy groups -OCH3 is 1. The highest BCUT2D eigenvalue weighted by Crippen LogP contribution is 2.14. The Labute approximate surface area is 162 Å². The number of aliphatic hydroxyl groups is 1. The summed E-state index contributed by atoms with van der Waals surface area (Å²) in [5, 5.41) is 9.34. The van der Waals surface area contributed by atoms with Gasteiger partial charge < -0.3 is 9.84 Å². The highest BCUT2D eigenvalue weighted by molar-refractivity contribution is 5.85. The van der Waals surface area contributed by atoms with Crippen LogP contribution in [0.4, 0.5) is 0 Å². The van der Waals surface area contributed by atoms with E-state index in [9.17, 15) is 9.90 Å². The van der Waals surface area contributed by atoms with Crippen molar-refractivity contribution in [3.8, 4) is 0 Å². The summed E-state index contributed by atoms with van der Waals surface area (Å²) in [6, 6.07) is 0. The van der Waals surface area contributed by atoms with Crippen LogP contribution in [0.5, 0.6) is 0 Å². The molecule has 0 spiro atoms. The second-order valence-corrected chi connectivity index (χ2v) is 7.53. The van der Waals surface area contributed by atoms with Gasteiger partial charge in [-0.1, -0.05) is 110 Å². The normalized spacial score (nSPS) is 11.7. The number of esters is 1. The second-order valence-electron chi connectivity index (χ2n) is 7.53. The monoisotopic (exact) mass is 368 g/mol. The van der Waals surface area contributed by atoms with Gasteiger partial charge in [-0.2, -0.15) is 0 Å². The Hall–Kier alpha value is -0.990. The predicted molar refractivity (Wildman–Crippen MR) is 112 cm³/mol. The predicted octanol–water partition coefficient (Wildman–Crippen LogP) is 7.64. The van der Waals surface area contributed by atoms with Gasteiger partial charge in [0, 0.05) is 0 Å². The van der Waals surface area contributed by atoms with E-state index in [2.05, 4.69) is 11.7 Å². The van der Waals surface area contributed by atoms with Gasteiger partial charge >= 0.3 is 5.97 Å². The lowest BCUT2D eigenvalue weighted by Crippen LogP contribution is -2.03. The largest absolute Gasteiger partial charge is 0.502 e. The average Bonchev–Trinajstić information content (AvgIpc) is 2.66. The minimum absolute atomic E-state index is 0.260. The zero-order valence-electron chi connectivity index (χ0n) is 17.6. The van der Waals surface area contributed by atoms with Gasteiger partial charge in [0.1, 0.15) is 0 Å². The minimum Gasteiger partial charge on any atom is -0.502 e. The summed E-state index contributed by atoms with van der Waals surface area (Å²) in [5.41, 5.74) is 0. The van der Waals surface area contributed by atoms with E-state index in [0.29, 0.717) is 0 Å². The van der Waals surface area contributed by atoms with Gasteiger partial charge in [-0.3, -0.25) is 0 Å². The van der Waals surface area contributed by atoms with E-state index in [0.717, 1.165) is 12.8 Å². The van der Waals surface area contributed by atoms with E-state index >= 15 is 0 Å². The van der Waals surface area contributed by atoms with Crippen LogP contribution in [0.25, 0.3) is 0 Å². The molecule has 26 heavy (non-hydrogen) atoms. The Balaban J connectivity index is 3.15. The Morgan fingerprint density at radius 1 is 0.692 bits per heavy atom. The Morgan fingerprint density at radius 2 is 1.04 bits per heavy atom. The lowest BCUT2D eigenvalue weighted by Gasteiger charge is -2.03. The average molecular weight is 369 g/mol. The molecule has 0 aliphatic carbocycles. The summed E-state index contributed by atoms with van der Waals surface area (Å²) in [7, 11) is 1.28. The number of unbranched alkanes of at least 4 members (excludes halogenated alkanes) is 17. The maximum atomic E-state index is 11.0. The number of allylic oxidation sites excluding steroid dienone is 1. The van der Waals surface area contributed by atoms with E-state index in [1.165, 1.54) is 110 Å². The van der Waals surface area contributed by atoms with E-state index in [1.54, 1.807) is 6.08 Å². The highest BCUT2D eigenvalue weighted by Gasteiger charge is 2.04. The molecule has 3 heteroatoms. The molecule has 1 N–H and O–H groups in total. The molecular weight excluding hydrogens is 324 g/mol. The third-order valence-corrected chi connectivity index (χ3v) is 5.04. The summed E-state index contributed by atoms with van der Waals surface area (Å²) in [4.78, 5) is 11.0. The van der Waals surface area contributed by atoms with Gasteiger partial charge in [0.2, 0.25) is 0 Å². The molecule has 3 nitrogen and oxygen atoms in total. The van der Waals surface area contributed by atoms with Crippen LogP contribution in [0.1, 0.15) is 122 Å². The standard InChI is InChI=1S/C23H44O3/c1-3-4-5-6-7-8-9-10-11-12-13-14-15-16-17-18-19-20-21-22(24)23(25)26-2/h21,24H,3-20H2,1-2H3. The maximum absolute atomic E-state index is 11.0. The molecule has 0 aliphatic heterocycles. The zero-order valence-corrected chi connectivity index (χ0v) is 17.6. The van der Waals surface area contributed by atoms with Crippen LogP contribution in [-0.2, 0) is 9.53 Å².